The standard InChI is InChI=1S/C12H15N5O2/c13-6-12(4-3-8(5-18)19-12)10-2-1-9(17-10)11(15)16-7-14/h1-2,7-8,17-18H,3-5H2,(H3,14,15,16)/t8-,12-/m0/s1. The van der Waals surface area contributed by atoms with Gasteiger partial charge in [-0.1, -0.05) is 0 Å². The van der Waals surface area contributed by atoms with Crippen LogP contribution in [0.15, 0.2) is 17.1 Å². The Morgan fingerprint density at radius 3 is 3.16 bits per heavy atom. The predicted octanol–water partition coefficient (Wildman–Crippen LogP) is 0.217. The molecule has 2 atom stereocenters. The Morgan fingerprint density at radius 2 is 2.58 bits per heavy atom. The Labute approximate surface area is 110 Å². The van der Waals surface area contributed by atoms with Crippen LogP contribution in [-0.4, -0.2) is 35.0 Å². The molecule has 7 heteroatoms. The molecule has 1 saturated heterocycles. The van der Waals surface area contributed by atoms with Gasteiger partial charge in [-0.25, -0.2) is 4.99 Å². The highest BCUT2D eigenvalue weighted by Crippen LogP contribution is 2.38. The average molecular weight is 261 g/mol. The molecule has 5 N–H and O–H groups in total. The summed E-state index contributed by atoms with van der Waals surface area (Å²) < 4.78 is 5.62. The summed E-state index contributed by atoms with van der Waals surface area (Å²) in [6, 6.07) is 5.55. The van der Waals surface area contributed by atoms with Crippen molar-refractivity contribution in [1.29, 1.82) is 10.7 Å². The zero-order chi connectivity index (χ0) is 13.9. The van der Waals surface area contributed by atoms with E-state index < -0.39 is 5.60 Å². The van der Waals surface area contributed by atoms with E-state index in [9.17, 15) is 5.26 Å². The number of H-pyrrole nitrogens is 1. The molecule has 0 bridgehead atoms. The van der Waals surface area contributed by atoms with E-state index in [1.807, 2.05) is 0 Å². The van der Waals surface area contributed by atoms with Crippen molar-refractivity contribution in [2.75, 3.05) is 6.61 Å². The molecule has 7 nitrogen and oxygen atoms in total. The summed E-state index contributed by atoms with van der Waals surface area (Å²) in [5.41, 5.74) is 5.71. The molecule has 0 radical (unpaired) electrons. The Kier molecular flexibility index (Phi) is 3.64. The molecule has 2 rings (SSSR count). The third-order valence-corrected chi connectivity index (χ3v) is 3.17. The van der Waals surface area contributed by atoms with E-state index in [1.54, 1.807) is 12.1 Å². The van der Waals surface area contributed by atoms with E-state index in [0.717, 1.165) is 6.34 Å². The Morgan fingerprint density at radius 1 is 1.79 bits per heavy atom. The zero-order valence-electron chi connectivity index (χ0n) is 10.3. The lowest BCUT2D eigenvalue weighted by atomic mass is 9.98. The number of aliphatic hydroxyl groups is 1. The van der Waals surface area contributed by atoms with E-state index >= 15 is 0 Å². The fourth-order valence-electron chi connectivity index (χ4n) is 2.15. The summed E-state index contributed by atoms with van der Waals surface area (Å²) in [6.07, 6.45) is 1.67. The number of nitrogens with one attached hydrogen (secondary N) is 2. The second-order valence-electron chi connectivity index (χ2n) is 4.33. The van der Waals surface area contributed by atoms with Gasteiger partial charge in [-0.3, -0.25) is 5.41 Å². The maximum Gasteiger partial charge on any atom is 0.194 e. The van der Waals surface area contributed by atoms with Gasteiger partial charge in [0.05, 0.1) is 24.1 Å². The fourth-order valence-corrected chi connectivity index (χ4v) is 2.15. The molecule has 0 unspecified atom stereocenters. The first-order valence-electron chi connectivity index (χ1n) is 5.87. The molecule has 0 amide bonds. The van der Waals surface area contributed by atoms with E-state index in [4.69, 9.17) is 21.0 Å². The van der Waals surface area contributed by atoms with Crippen molar-refractivity contribution in [2.24, 2.45) is 10.7 Å². The van der Waals surface area contributed by atoms with Gasteiger partial charge in [-0.15, -0.1) is 0 Å². The highest BCUT2D eigenvalue weighted by atomic mass is 16.5. The maximum atomic E-state index is 9.36. The average Bonchev–Trinajstić information content (AvgIpc) is 3.06. The van der Waals surface area contributed by atoms with E-state index in [1.165, 1.54) is 0 Å². The summed E-state index contributed by atoms with van der Waals surface area (Å²) in [5, 5.41) is 25.3. The summed E-state index contributed by atoms with van der Waals surface area (Å²) in [6.45, 7) is -0.103. The molecule has 1 aliphatic rings. The van der Waals surface area contributed by atoms with Crippen LogP contribution in [0.25, 0.3) is 0 Å². The largest absolute Gasteiger partial charge is 0.394 e. The number of rotatable bonds is 4. The van der Waals surface area contributed by atoms with Gasteiger partial charge < -0.3 is 20.6 Å². The first-order chi connectivity index (χ1) is 9.15. The van der Waals surface area contributed by atoms with Crippen LogP contribution in [0.1, 0.15) is 24.2 Å². The number of aliphatic imine (C=N–C) groups is 1. The van der Waals surface area contributed by atoms with E-state index in [2.05, 4.69) is 16.0 Å². The van der Waals surface area contributed by atoms with Crippen LogP contribution in [0.5, 0.6) is 0 Å². The quantitative estimate of drug-likeness (QED) is 0.456. The Balaban J connectivity index is 2.29. The van der Waals surface area contributed by atoms with Crippen molar-refractivity contribution >= 4 is 12.2 Å². The lowest BCUT2D eigenvalue weighted by Gasteiger charge is -2.20. The number of nitriles is 1. The normalized spacial score (nSPS) is 27.2. The van der Waals surface area contributed by atoms with E-state index in [-0.39, 0.29) is 18.5 Å². The minimum Gasteiger partial charge on any atom is -0.394 e. The van der Waals surface area contributed by atoms with Crippen LogP contribution in [0.3, 0.4) is 0 Å². The van der Waals surface area contributed by atoms with Crippen LogP contribution in [0, 0.1) is 16.7 Å². The first kappa shape index (κ1) is 13.3. The van der Waals surface area contributed by atoms with Crippen molar-refractivity contribution < 1.29 is 9.84 Å². The second kappa shape index (κ2) is 5.22. The second-order valence-corrected chi connectivity index (χ2v) is 4.33. The van der Waals surface area contributed by atoms with Crippen molar-refractivity contribution in [3.8, 4) is 6.07 Å². The van der Waals surface area contributed by atoms with Crippen molar-refractivity contribution in [3.63, 3.8) is 0 Å². The molecule has 19 heavy (non-hydrogen) atoms. The number of hydrogen-bond acceptors (Lipinski definition) is 4. The van der Waals surface area contributed by atoms with Crippen molar-refractivity contribution in [1.82, 2.24) is 4.98 Å². The molecule has 1 aromatic heterocycles. The maximum absolute atomic E-state index is 9.36. The van der Waals surface area contributed by atoms with Crippen LogP contribution >= 0.6 is 0 Å². The summed E-state index contributed by atoms with van der Waals surface area (Å²) in [4.78, 5) is 6.64. The third-order valence-electron chi connectivity index (χ3n) is 3.17. The van der Waals surface area contributed by atoms with Gasteiger partial charge >= 0.3 is 0 Å². The number of hydrogen-bond donors (Lipinski definition) is 4. The van der Waals surface area contributed by atoms with Crippen LogP contribution in [0.4, 0.5) is 0 Å². The number of amidine groups is 1. The minimum atomic E-state index is -1.07. The zero-order valence-corrected chi connectivity index (χ0v) is 10.3. The minimum absolute atomic E-state index is 0.103. The molecule has 0 aliphatic carbocycles. The Bertz CT molecular complexity index is 545. The summed E-state index contributed by atoms with van der Waals surface area (Å²) in [7, 11) is 0. The van der Waals surface area contributed by atoms with Crippen LogP contribution in [-0.2, 0) is 10.3 Å². The van der Waals surface area contributed by atoms with Crippen LogP contribution in [0.2, 0.25) is 0 Å². The number of ether oxygens (including phenoxy) is 1. The van der Waals surface area contributed by atoms with Crippen LogP contribution < -0.4 is 5.73 Å². The summed E-state index contributed by atoms with van der Waals surface area (Å²) >= 11 is 0. The molecule has 1 aliphatic heterocycles. The number of aliphatic hydroxyl groups excluding tert-OH is 1. The van der Waals surface area contributed by atoms with Crippen molar-refractivity contribution in [3.05, 3.63) is 23.5 Å². The molecular formula is C12H15N5O2. The smallest absolute Gasteiger partial charge is 0.194 e. The summed E-state index contributed by atoms with van der Waals surface area (Å²) in [5.74, 6) is 0.172. The first-order valence-corrected chi connectivity index (χ1v) is 5.87. The molecule has 100 valence electrons. The lowest BCUT2D eigenvalue weighted by Crippen LogP contribution is -2.26. The Hall–Kier alpha value is -2.17. The molecule has 1 aromatic rings. The number of nitrogens with two attached hydrogens (primary N) is 1. The van der Waals surface area contributed by atoms with Gasteiger partial charge in [-0.2, -0.15) is 5.26 Å². The molecule has 2 heterocycles. The number of aromatic amines is 1. The van der Waals surface area contributed by atoms with Gasteiger partial charge in [-0.05, 0) is 25.0 Å². The van der Waals surface area contributed by atoms with Gasteiger partial charge in [0.2, 0.25) is 0 Å². The monoisotopic (exact) mass is 261 g/mol. The lowest BCUT2D eigenvalue weighted by molar-refractivity contribution is -0.0313. The van der Waals surface area contributed by atoms with Gasteiger partial charge in [0.1, 0.15) is 18.2 Å². The van der Waals surface area contributed by atoms with Gasteiger partial charge in [0.25, 0.3) is 0 Å². The molecule has 0 spiro atoms. The third kappa shape index (κ3) is 2.36. The highest BCUT2D eigenvalue weighted by molar-refractivity contribution is 5.99. The fraction of sp³-hybridized carbons (Fsp3) is 0.417. The number of aromatic nitrogens is 1. The molecule has 1 fully saturated rings. The topological polar surface area (TPSA) is 131 Å². The van der Waals surface area contributed by atoms with Gasteiger partial charge in [0.15, 0.2) is 5.60 Å². The van der Waals surface area contributed by atoms with Gasteiger partial charge in [0, 0.05) is 0 Å². The SMILES string of the molecule is N#C[C@]1(c2ccc(/C(N)=N\C=N)[nH]2)CC[C@@H](CO)O1. The highest BCUT2D eigenvalue weighted by Gasteiger charge is 2.43. The molecular weight excluding hydrogens is 246 g/mol. The van der Waals surface area contributed by atoms with E-state index in [0.29, 0.717) is 24.2 Å². The van der Waals surface area contributed by atoms with Crippen molar-refractivity contribution in [2.45, 2.75) is 24.5 Å². The number of nitrogens with zero attached hydrogens (tertiary/aromatic N) is 2. The molecule has 0 aromatic carbocycles. The predicted molar refractivity (Wildman–Crippen MR) is 68.8 cm³/mol. The molecule has 0 saturated carbocycles.